The number of nitro groups is 1. The van der Waals surface area contributed by atoms with Gasteiger partial charge in [-0.25, -0.2) is 0 Å². The number of hydrogen-bond donors (Lipinski definition) is 0. The molecule has 0 N–H and O–H groups in total. The van der Waals surface area contributed by atoms with Crippen LogP contribution >= 0.6 is 7.60 Å². The van der Waals surface area contributed by atoms with Gasteiger partial charge in [0.15, 0.2) is 0 Å². The predicted molar refractivity (Wildman–Crippen MR) is 77.5 cm³/mol. The van der Waals surface area contributed by atoms with Crippen LogP contribution in [-0.4, -0.2) is 18.1 Å². The molecule has 1 aromatic carbocycles. The topological polar surface area (TPSA) is 102 Å². The molecule has 21 heavy (non-hydrogen) atoms. The first-order chi connectivity index (χ1) is 9.96. The van der Waals surface area contributed by atoms with Crippen molar-refractivity contribution in [1.82, 2.24) is 0 Å². The third-order valence-electron chi connectivity index (χ3n) is 2.39. The largest absolute Gasteiger partial charge is 0.371 e. The van der Waals surface area contributed by atoms with Crippen LogP contribution in [0.1, 0.15) is 19.4 Å². The molecule has 0 heterocycles. The highest BCUT2D eigenvalue weighted by Gasteiger charge is 2.29. The van der Waals surface area contributed by atoms with Crippen molar-refractivity contribution in [2.45, 2.75) is 13.8 Å². The summed E-state index contributed by atoms with van der Waals surface area (Å²) in [5.41, 5.74) is 0.254. The van der Waals surface area contributed by atoms with Gasteiger partial charge in [0.1, 0.15) is 11.4 Å². The lowest BCUT2D eigenvalue weighted by Crippen LogP contribution is -1.98. The summed E-state index contributed by atoms with van der Waals surface area (Å²) in [5.74, 6) is 0. The van der Waals surface area contributed by atoms with E-state index in [2.05, 4.69) is 0 Å². The van der Waals surface area contributed by atoms with Crippen molar-refractivity contribution in [3.8, 4) is 6.07 Å². The number of non-ortho nitro benzene ring substituents is 1. The second kappa shape index (κ2) is 7.70. The summed E-state index contributed by atoms with van der Waals surface area (Å²) < 4.78 is 22.7. The summed E-state index contributed by atoms with van der Waals surface area (Å²) in [4.78, 5) is 10.2. The highest BCUT2D eigenvalue weighted by molar-refractivity contribution is 7.59. The van der Waals surface area contributed by atoms with Gasteiger partial charge >= 0.3 is 7.60 Å². The minimum atomic E-state index is -3.70. The molecule has 0 unspecified atom stereocenters. The normalized spacial score (nSPS) is 12.0. The molecule has 0 aliphatic rings. The van der Waals surface area contributed by atoms with Crippen LogP contribution in [0.3, 0.4) is 0 Å². The van der Waals surface area contributed by atoms with Crippen molar-refractivity contribution in [3.05, 3.63) is 45.3 Å². The van der Waals surface area contributed by atoms with E-state index >= 15 is 0 Å². The molecule has 0 bridgehead atoms. The molecule has 0 aromatic heterocycles. The molecule has 0 radical (unpaired) electrons. The van der Waals surface area contributed by atoms with Gasteiger partial charge in [0, 0.05) is 12.1 Å². The van der Waals surface area contributed by atoms with E-state index < -0.39 is 12.5 Å². The summed E-state index contributed by atoms with van der Waals surface area (Å²) in [5, 5.41) is 19.7. The first kappa shape index (κ1) is 17.1. The molecule has 0 aliphatic heterocycles. The Morgan fingerprint density at radius 3 is 2.52 bits per heavy atom. The van der Waals surface area contributed by atoms with Crippen molar-refractivity contribution in [2.75, 3.05) is 13.2 Å². The molecule has 0 spiro atoms. The number of nitrogens with zero attached hydrogens (tertiary/aromatic N) is 2. The lowest BCUT2D eigenvalue weighted by Gasteiger charge is -2.15. The second-order valence-corrected chi connectivity index (χ2v) is 5.82. The molecule has 0 saturated heterocycles. The molecule has 1 rings (SSSR count). The molecule has 0 atom stereocenters. The number of allylic oxidation sites excluding steroid dienone is 1. The van der Waals surface area contributed by atoms with Crippen molar-refractivity contribution >= 4 is 19.4 Å². The standard InChI is InChI=1S/C13H15N2O5P/c1-3-19-21(18,20-4-2)13(10-14)9-11-6-5-7-12(8-11)15(16)17/h5-9H,3-4H2,1-2H3/b13-9-. The molecule has 112 valence electrons. The van der Waals surface area contributed by atoms with Gasteiger partial charge in [0.2, 0.25) is 0 Å². The SMILES string of the molecule is CCOP(=O)(OCC)/C(C#N)=C\c1cccc([N+](=O)[O-])c1. The summed E-state index contributed by atoms with van der Waals surface area (Å²) in [6, 6.07) is 7.43. The lowest BCUT2D eigenvalue weighted by atomic mass is 10.2. The van der Waals surface area contributed by atoms with Gasteiger partial charge < -0.3 is 9.05 Å². The van der Waals surface area contributed by atoms with E-state index in [1.165, 1.54) is 24.3 Å². The zero-order valence-corrected chi connectivity index (χ0v) is 12.6. The zero-order valence-electron chi connectivity index (χ0n) is 11.7. The number of benzene rings is 1. The Morgan fingerprint density at radius 2 is 2.05 bits per heavy atom. The average molecular weight is 310 g/mol. The molecule has 0 amide bonds. The Morgan fingerprint density at radius 1 is 1.43 bits per heavy atom. The van der Waals surface area contributed by atoms with Crippen LogP contribution in [0.2, 0.25) is 0 Å². The highest BCUT2D eigenvalue weighted by Crippen LogP contribution is 2.56. The van der Waals surface area contributed by atoms with Gasteiger partial charge in [0.25, 0.3) is 5.69 Å². The maximum Gasteiger partial charge on any atom is 0.371 e. The molecule has 8 heteroatoms. The van der Waals surface area contributed by atoms with E-state index in [9.17, 15) is 19.9 Å². The summed E-state index contributed by atoms with van der Waals surface area (Å²) in [6.45, 7) is 3.50. The monoisotopic (exact) mass is 310 g/mol. The fourth-order valence-corrected chi connectivity index (χ4v) is 3.04. The van der Waals surface area contributed by atoms with Crippen molar-refractivity contribution in [2.24, 2.45) is 0 Å². The Balaban J connectivity index is 3.25. The van der Waals surface area contributed by atoms with Crippen molar-refractivity contribution in [1.29, 1.82) is 5.26 Å². The van der Waals surface area contributed by atoms with Gasteiger partial charge in [0.05, 0.1) is 18.1 Å². The van der Waals surface area contributed by atoms with E-state index in [1.807, 2.05) is 0 Å². The second-order valence-electron chi connectivity index (χ2n) is 3.83. The van der Waals surface area contributed by atoms with Crippen molar-refractivity contribution in [3.63, 3.8) is 0 Å². The Labute approximate surface area is 122 Å². The Bertz CT molecular complexity index is 626. The third-order valence-corrected chi connectivity index (χ3v) is 4.41. The Kier molecular flexibility index (Phi) is 6.25. The molecule has 7 nitrogen and oxygen atoms in total. The van der Waals surface area contributed by atoms with Crippen LogP contribution in [0.15, 0.2) is 29.6 Å². The highest BCUT2D eigenvalue weighted by atomic mass is 31.2. The minimum Gasteiger partial charge on any atom is -0.305 e. The quantitative estimate of drug-likeness (QED) is 0.329. The predicted octanol–water partition coefficient (Wildman–Crippen LogP) is 3.73. The Hall–Kier alpha value is -2.00. The lowest BCUT2D eigenvalue weighted by molar-refractivity contribution is -0.384. The summed E-state index contributed by atoms with van der Waals surface area (Å²) in [6.07, 6.45) is 1.28. The number of nitro benzene ring substituents is 1. The van der Waals surface area contributed by atoms with Crippen LogP contribution in [-0.2, 0) is 13.6 Å². The van der Waals surface area contributed by atoms with Crippen LogP contribution < -0.4 is 0 Å². The zero-order chi connectivity index (χ0) is 15.9. The van der Waals surface area contributed by atoms with E-state index in [-0.39, 0.29) is 24.2 Å². The number of hydrogen-bond acceptors (Lipinski definition) is 6. The smallest absolute Gasteiger partial charge is 0.305 e. The molecule has 1 aromatic rings. The van der Waals surface area contributed by atoms with Crippen LogP contribution in [0.4, 0.5) is 5.69 Å². The summed E-state index contributed by atoms with van der Waals surface area (Å²) in [7, 11) is -3.70. The van der Waals surface area contributed by atoms with E-state index in [0.717, 1.165) is 0 Å². The minimum absolute atomic E-state index is 0.116. The molecule has 0 aliphatic carbocycles. The molecule has 0 saturated carbocycles. The fourth-order valence-electron chi connectivity index (χ4n) is 1.57. The maximum atomic E-state index is 12.5. The molecular formula is C13H15N2O5P. The van der Waals surface area contributed by atoms with Gasteiger partial charge in [-0.2, -0.15) is 5.26 Å². The third kappa shape index (κ3) is 4.50. The van der Waals surface area contributed by atoms with Crippen LogP contribution in [0.25, 0.3) is 6.08 Å². The summed E-state index contributed by atoms with van der Waals surface area (Å²) >= 11 is 0. The van der Waals surface area contributed by atoms with Crippen molar-refractivity contribution < 1.29 is 18.5 Å². The number of nitriles is 1. The fraction of sp³-hybridized carbons (Fsp3) is 0.308. The van der Waals surface area contributed by atoms with Gasteiger partial charge in [-0.05, 0) is 25.5 Å². The van der Waals surface area contributed by atoms with Gasteiger partial charge in [-0.15, -0.1) is 0 Å². The molecule has 0 fully saturated rings. The average Bonchev–Trinajstić information content (AvgIpc) is 2.45. The van der Waals surface area contributed by atoms with Gasteiger partial charge in [-0.1, -0.05) is 12.1 Å². The first-order valence-corrected chi connectivity index (χ1v) is 7.77. The maximum absolute atomic E-state index is 12.5. The van der Waals surface area contributed by atoms with E-state index in [4.69, 9.17) is 9.05 Å². The van der Waals surface area contributed by atoms with Gasteiger partial charge in [-0.3, -0.25) is 14.7 Å². The van der Waals surface area contributed by atoms with E-state index in [0.29, 0.717) is 5.56 Å². The van der Waals surface area contributed by atoms with E-state index in [1.54, 1.807) is 26.0 Å². The number of rotatable bonds is 7. The molecular weight excluding hydrogens is 295 g/mol. The first-order valence-electron chi connectivity index (χ1n) is 6.22. The van der Waals surface area contributed by atoms with Crippen LogP contribution in [0, 0.1) is 21.4 Å². The van der Waals surface area contributed by atoms with Crippen LogP contribution in [0.5, 0.6) is 0 Å².